The van der Waals surface area contributed by atoms with Crippen molar-refractivity contribution in [1.82, 2.24) is 20.0 Å². The summed E-state index contributed by atoms with van der Waals surface area (Å²) in [4.78, 5) is 11.8. The number of guanidine groups is 1. The van der Waals surface area contributed by atoms with Crippen LogP contribution in [0.3, 0.4) is 0 Å². The number of rotatable bonds is 4. The minimum atomic E-state index is 0. The van der Waals surface area contributed by atoms with Gasteiger partial charge >= 0.3 is 0 Å². The van der Waals surface area contributed by atoms with Gasteiger partial charge in [-0.3, -0.25) is 9.89 Å². The zero-order chi connectivity index (χ0) is 18.4. The van der Waals surface area contributed by atoms with E-state index in [-0.39, 0.29) is 24.0 Å². The normalized spacial score (nSPS) is 20.6. The van der Waals surface area contributed by atoms with Crippen molar-refractivity contribution in [1.29, 1.82) is 0 Å². The predicted octanol–water partition coefficient (Wildman–Crippen LogP) is 2.61. The maximum atomic E-state index is 4.51. The highest BCUT2D eigenvalue weighted by Crippen LogP contribution is 2.21. The summed E-state index contributed by atoms with van der Waals surface area (Å²) in [5.74, 6) is 1.02. The molecule has 0 saturated carbocycles. The van der Waals surface area contributed by atoms with Gasteiger partial charge in [-0.05, 0) is 31.5 Å². The van der Waals surface area contributed by atoms with Crippen molar-refractivity contribution < 1.29 is 0 Å². The van der Waals surface area contributed by atoms with Gasteiger partial charge in [-0.2, -0.15) is 0 Å². The monoisotopic (exact) mass is 483 g/mol. The smallest absolute Gasteiger partial charge is 0.193 e. The Hall–Kier alpha value is -1.12. The second kappa shape index (κ2) is 11.0. The molecule has 1 aromatic carbocycles. The molecule has 150 valence electrons. The number of benzene rings is 1. The van der Waals surface area contributed by atoms with E-state index in [0.717, 1.165) is 58.2 Å². The summed E-state index contributed by atoms with van der Waals surface area (Å²) in [6, 6.07) is 11.2. The summed E-state index contributed by atoms with van der Waals surface area (Å²) in [5, 5.41) is 3.59. The van der Waals surface area contributed by atoms with Gasteiger partial charge in [-0.25, -0.2) is 0 Å². The van der Waals surface area contributed by atoms with E-state index in [1.807, 2.05) is 7.05 Å². The third-order valence-corrected chi connectivity index (χ3v) is 5.58. The summed E-state index contributed by atoms with van der Waals surface area (Å²) in [6.45, 7) is 9.85. The molecule has 2 aliphatic heterocycles. The van der Waals surface area contributed by atoms with Crippen LogP contribution >= 0.6 is 24.0 Å². The highest BCUT2D eigenvalue weighted by molar-refractivity contribution is 14.0. The Morgan fingerprint density at radius 3 is 2.41 bits per heavy atom. The Morgan fingerprint density at radius 2 is 1.81 bits per heavy atom. The van der Waals surface area contributed by atoms with Gasteiger partial charge in [0.15, 0.2) is 5.96 Å². The lowest BCUT2D eigenvalue weighted by atomic mass is 10.00. The van der Waals surface area contributed by atoms with Crippen LogP contribution < -0.4 is 5.32 Å². The first-order valence-corrected chi connectivity index (χ1v) is 9.80. The number of nitrogens with zero attached hydrogens (tertiary/aromatic N) is 4. The SMILES string of the molecule is CN=C(NCC(C)N1CCN(C)CC1)N1CC=C(c2ccccc2)CC1.I. The van der Waals surface area contributed by atoms with Crippen molar-refractivity contribution in [2.45, 2.75) is 19.4 Å². The molecule has 5 nitrogen and oxygen atoms in total. The molecule has 0 radical (unpaired) electrons. The molecule has 1 fully saturated rings. The Kier molecular flexibility index (Phi) is 9.05. The predicted molar refractivity (Wildman–Crippen MR) is 126 cm³/mol. The average Bonchev–Trinajstić information content (AvgIpc) is 2.70. The first kappa shape index (κ1) is 22.2. The fourth-order valence-corrected chi connectivity index (χ4v) is 3.74. The maximum Gasteiger partial charge on any atom is 0.193 e. The standard InChI is InChI=1S/C21H33N5.HI/c1-18(25-15-13-24(3)14-16-25)17-23-21(22-2)26-11-9-20(10-12-26)19-7-5-4-6-8-19;/h4-9,18H,10-17H2,1-3H3,(H,22,23);1H. The Balaban J connectivity index is 0.00000261. The molecule has 6 heteroatoms. The second-order valence-electron chi connectivity index (χ2n) is 7.41. The molecule has 0 spiro atoms. The summed E-state index contributed by atoms with van der Waals surface area (Å²) in [6.07, 6.45) is 3.41. The van der Waals surface area contributed by atoms with Gasteiger partial charge in [-0.15, -0.1) is 24.0 Å². The highest BCUT2D eigenvalue weighted by atomic mass is 127. The summed E-state index contributed by atoms with van der Waals surface area (Å²) in [5.41, 5.74) is 2.79. The van der Waals surface area contributed by atoms with Crippen LogP contribution in [0, 0.1) is 0 Å². The molecular formula is C21H34IN5. The lowest BCUT2D eigenvalue weighted by Crippen LogP contribution is -2.53. The van der Waals surface area contributed by atoms with Gasteiger partial charge in [0.1, 0.15) is 0 Å². The van der Waals surface area contributed by atoms with E-state index in [9.17, 15) is 0 Å². The van der Waals surface area contributed by atoms with E-state index in [4.69, 9.17) is 0 Å². The van der Waals surface area contributed by atoms with Crippen molar-refractivity contribution in [3.05, 3.63) is 42.0 Å². The molecule has 1 aromatic rings. The van der Waals surface area contributed by atoms with E-state index in [2.05, 4.69) is 75.4 Å². The third-order valence-electron chi connectivity index (χ3n) is 5.58. The topological polar surface area (TPSA) is 34.1 Å². The Morgan fingerprint density at radius 1 is 1.11 bits per heavy atom. The zero-order valence-electron chi connectivity index (χ0n) is 16.9. The summed E-state index contributed by atoms with van der Waals surface area (Å²) in [7, 11) is 4.09. The van der Waals surface area contributed by atoms with Gasteiger partial charge < -0.3 is 15.1 Å². The molecule has 0 aromatic heterocycles. The maximum absolute atomic E-state index is 4.51. The average molecular weight is 483 g/mol. The van der Waals surface area contributed by atoms with Crippen molar-refractivity contribution in [3.8, 4) is 0 Å². The number of halogens is 1. The lowest BCUT2D eigenvalue weighted by Gasteiger charge is -2.37. The van der Waals surface area contributed by atoms with Crippen LogP contribution in [0.15, 0.2) is 41.4 Å². The van der Waals surface area contributed by atoms with E-state index < -0.39 is 0 Å². The van der Waals surface area contributed by atoms with Crippen LogP contribution in [-0.2, 0) is 0 Å². The highest BCUT2D eigenvalue weighted by Gasteiger charge is 2.21. The van der Waals surface area contributed by atoms with Crippen LogP contribution in [0.25, 0.3) is 5.57 Å². The van der Waals surface area contributed by atoms with Crippen LogP contribution in [0.5, 0.6) is 0 Å². The molecule has 1 saturated heterocycles. The number of likely N-dealkylation sites (N-methyl/N-ethyl adjacent to an activating group) is 1. The first-order chi connectivity index (χ1) is 12.7. The van der Waals surface area contributed by atoms with Crippen LogP contribution in [0.4, 0.5) is 0 Å². The van der Waals surface area contributed by atoms with Crippen molar-refractivity contribution in [2.24, 2.45) is 4.99 Å². The summed E-state index contributed by atoms with van der Waals surface area (Å²) < 4.78 is 0. The van der Waals surface area contributed by atoms with Crippen LogP contribution in [-0.4, -0.2) is 86.6 Å². The molecule has 27 heavy (non-hydrogen) atoms. The minimum absolute atomic E-state index is 0. The van der Waals surface area contributed by atoms with Gasteiger partial charge in [0.25, 0.3) is 0 Å². The Labute approximate surface area is 181 Å². The molecule has 3 rings (SSSR count). The van der Waals surface area contributed by atoms with E-state index >= 15 is 0 Å². The van der Waals surface area contributed by atoms with Crippen molar-refractivity contribution in [2.75, 3.05) is 59.9 Å². The fraction of sp³-hybridized carbons (Fsp3) is 0.571. The van der Waals surface area contributed by atoms with Crippen LogP contribution in [0.2, 0.25) is 0 Å². The second-order valence-corrected chi connectivity index (χ2v) is 7.41. The Bertz CT molecular complexity index is 623. The van der Waals surface area contributed by atoms with Gasteiger partial charge in [-0.1, -0.05) is 36.4 Å². The van der Waals surface area contributed by atoms with E-state index in [1.165, 1.54) is 11.1 Å². The molecular weight excluding hydrogens is 449 g/mol. The van der Waals surface area contributed by atoms with Gasteiger partial charge in [0.05, 0.1) is 0 Å². The molecule has 1 atom stereocenters. The molecule has 0 bridgehead atoms. The number of nitrogens with one attached hydrogen (secondary N) is 1. The zero-order valence-corrected chi connectivity index (χ0v) is 19.2. The van der Waals surface area contributed by atoms with Gasteiger partial charge in [0.2, 0.25) is 0 Å². The largest absolute Gasteiger partial charge is 0.355 e. The number of piperazine rings is 1. The molecule has 2 heterocycles. The molecule has 1 N–H and O–H groups in total. The summed E-state index contributed by atoms with van der Waals surface area (Å²) >= 11 is 0. The first-order valence-electron chi connectivity index (χ1n) is 9.80. The lowest BCUT2D eigenvalue weighted by molar-refractivity contribution is 0.119. The molecule has 0 aliphatic carbocycles. The minimum Gasteiger partial charge on any atom is -0.355 e. The number of hydrogen-bond acceptors (Lipinski definition) is 3. The van der Waals surface area contributed by atoms with E-state index in [0.29, 0.717) is 6.04 Å². The van der Waals surface area contributed by atoms with Gasteiger partial charge in [0, 0.05) is 58.9 Å². The quantitative estimate of drug-likeness (QED) is 0.406. The molecule has 0 amide bonds. The molecule has 1 unspecified atom stereocenters. The number of aliphatic imine (C=N–C) groups is 1. The van der Waals surface area contributed by atoms with Crippen molar-refractivity contribution >= 4 is 35.5 Å². The fourth-order valence-electron chi connectivity index (χ4n) is 3.74. The number of hydrogen-bond donors (Lipinski definition) is 1. The third kappa shape index (κ3) is 6.19. The molecule has 2 aliphatic rings. The van der Waals surface area contributed by atoms with Crippen molar-refractivity contribution in [3.63, 3.8) is 0 Å². The van der Waals surface area contributed by atoms with Crippen LogP contribution in [0.1, 0.15) is 18.9 Å². The van der Waals surface area contributed by atoms with E-state index in [1.54, 1.807) is 0 Å².